The monoisotopic (exact) mass is 331 g/mol. The summed E-state index contributed by atoms with van der Waals surface area (Å²) in [6, 6.07) is 14.4. The first-order valence-electron chi connectivity index (χ1n) is 8.59. The summed E-state index contributed by atoms with van der Waals surface area (Å²) < 4.78 is 2.13. The summed E-state index contributed by atoms with van der Waals surface area (Å²) >= 11 is 0. The Morgan fingerprint density at radius 2 is 2.08 bits per heavy atom. The van der Waals surface area contributed by atoms with Gasteiger partial charge >= 0.3 is 0 Å². The van der Waals surface area contributed by atoms with Gasteiger partial charge in [-0.1, -0.05) is 42.0 Å². The van der Waals surface area contributed by atoms with Gasteiger partial charge in [-0.15, -0.1) is 0 Å². The first-order valence-corrected chi connectivity index (χ1v) is 8.59. The van der Waals surface area contributed by atoms with Crippen LogP contribution in [0.1, 0.15) is 41.8 Å². The number of hydrogen-bond donors (Lipinski definition) is 1. The van der Waals surface area contributed by atoms with E-state index >= 15 is 0 Å². The second-order valence-electron chi connectivity index (χ2n) is 6.71. The van der Waals surface area contributed by atoms with Crippen LogP contribution >= 0.6 is 0 Å². The van der Waals surface area contributed by atoms with Gasteiger partial charge in [-0.3, -0.25) is 4.79 Å². The minimum Gasteiger partial charge on any atom is -0.350 e. The molecule has 4 rings (SSSR count). The number of amides is 1. The minimum atomic E-state index is 0.0235. The van der Waals surface area contributed by atoms with Crippen LogP contribution in [0.5, 0.6) is 0 Å². The van der Waals surface area contributed by atoms with Crippen LogP contribution in [-0.4, -0.2) is 15.3 Å². The molecule has 126 valence electrons. The highest BCUT2D eigenvalue weighted by atomic mass is 16.1. The van der Waals surface area contributed by atoms with E-state index < -0.39 is 0 Å². The number of rotatable bonds is 2. The van der Waals surface area contributed by atoms with Gasteiger partial charge in [0, 0.05) is 18.5 Å². The summed E-state index contributed by atoms with van der Waals surface area (Å²) in [5.41, 5.74) is 6.53. The fraction of sp³-hybridized carbons (Fsp3) is 0.238. The summed E-state index contributed by atoms with van der Waals surface area (Å²) in [6.45, 7) is 4.66. The number of imidazole rings is 1. The van der Waals surface area contributed by atoms with E-state index in [4.69, 9.17) is 4.98 Å². The Morgan fingerprint density at radius 3 is 2.88 bits per heavy atom. The third kappa shape index (κ3) is 2.95. The fourth-order valence-corrected chi connectivity index (χ4v) is 3.54. The molecule has 0 spiro atoms. The molecular weight excluding hydrogens is 310 g/mol. The number of carbonyl (C=O) groups excluding carboxylic acids is 1. The number of fused-ring (bicyclic) bond motifs is 3. The molecule has 0 bridgehead atoms. The Labute approximate surface area is 147 Å². The third-order valence-electron chi connectivity index (χ3n) is 4.81. The molecule has 1 atom stereocenters. The van der Waals surface area contributed by atoms with Gasteiger partial charge in [0.05, 0.1) is 17.9 Å². The van der Waals surface area contributed by atoms with Crippen LogP contribution in [0.25, 0.3) is 11.7 Å². The van der Waals surface area contributed by atoms with Gasteiger partial charge in [0.25, 0.3) is 0 Å². The maximum Gasteiger partial charge on any atom is 0.221 e. The average Bonchev–Trinajstić information content (AvgIpc) is 2.87. The first-order chi connectivity index (χ1) is 12.1. The highest BCUT2D eigenvalue weighted by Gasteiger charge is 2.28. The molecule has 4 nitrogen and oxygen atoms in total. The largest absolute Gasteiger partial charge is 0.350 e. The van der Waals surface area contributed by atoms with E-state index in [1.807, 2.05) is 18.2 Å². The smallest absolute Gasteiger partial charge is 0.221 e. The van der Waals surface area contributed by atoms with Crippen LogP contribution in [0.15, 0.2) is 54.2 Å². The van der Waals surface area contributed by atoms with Crippen molar-refractivity contribution in [1.82, 2.24) is 14.7 Å². The number of hydrogen-bond acceptors (Lipinski definition) is 2. The maximum atomic E-state index is 12.2. The van der Waals surface area contributed by atoms with Gasteiger partial charge in [0.2, 0.25) is 5.91 Å². The number of allylic oxidation sites excluding steroid dienone is 1. The molecule has 4 heteroatoms. The Balaban J connectivity index is 1.86. The molecule has 0 fully saturated rings. The number of aryl methyl sites for hydroxylation is 1. The van der Waals surface area contributed by atoms with E-state index in [0.29, 0.717) is 13.0 Å². The van der Waals surface area contributed by atoms with Gasteiger partial charge in [-0.05, 0) is 37.1 Å². The lowest BCUT2D eigenvalue weighted by atomic mass is 9.91. The quantitative estimate of drug-likeness (QED) is 0.775. The lowest BCUT2D eigenvalue weighted by Gasteiger charge is -2.16. The van der Waals surface area contributed by atoms with Crippen molar-refractivity contribution < 1.29 is 4.79 Å². The molecule has 0 aliphatic carbocycles. The van der Waals surface area contributed by atoms with Crippen molar-refractivity contribution in [2.24, 2.45) is 0 Å². The topological polar surface area (TPSA) is 46.4 Å². The molecule has 0 saturated heterocycles. The van der Waals surface area contributed by atoms with Crippen LogP contribution in [-0.2, 0) is 11.3 Å². The Morgan fingerprint density at radius 1 is 1.28 bits per heavy atom. The molecule has 3 aromatic rings. The van der Waals surface area contributed by atoms with Crippen molar-refractivity contribution in [2.45, 2.75) is 32.7 Å². The summed E-state index contributed by atoms with van der Waals surface area (Å²) in [5.74, 6) is 0.0973. The first kappa shape index (κ1) is 15.6. The number of carbonyl (C=O) groups is 1. The highest BCUT2D eigenvalue weighted by molar-refractivity contribution is 5.79. The number of nitrogens with one attached hydrogen (secondary N) is 1. The zero-order valence-corrected chi connectivity index (χ0v) is 14.5. The Hall–Kier alpha value is -2.88. The predicted octanol–water partition coefficient (Wildman–Crippen LogP) is 3.85. The molecule has 1 aliphatic rings. The number of benzene rings is 1. The zero-order chi connectivity index (χ0) is 17.4. The van der Waals surface area contributed by atoms with Crippen LogP contribution in [0.2, 0.25) is 0 Å². The van der Waals surface area contributed by atoms with Crippen LogP contribution in [0.4, 0.5) is 0 Å². The molecule has 25 heavy (non-hydrogen) atoms. The van der Waals surface area contributed by atoms with Crippen molar-refractivity contribution in [1.29, 1.82) is 0 Å². The van der Waals surface area contributed by atoms with Crippen molar-refractivity contribution in [3.63, 3.8) is 0 Å². The number of aromatic nitrogens is 2. The molecule has 1 aliphatic heterocycles. The van der Waals surface area contributed by atoms with Gasteiger partial charge in [-0.25, -0.2) is 4.98 Å². The van der Waals surface area contributed by atoms with Crippen molar-refractivity contribution in [2.75, 3.05) is 0 Å². The SMILES string of the molecule is CC(=Cc1ccccc1)C1CC(=O)NCc2nc3cc(C)ccn3c21. The van der Waals surface area contributed by atoms with Gasteiger partial charge < -0.3 is 9.72 Å². The van der Waals surface area contributed by atoms with Crippen LogP contribution in [0.3, 0.4) is 0 Å². The lowest BCUT2D eigenvalue weighted by Crippen LogP contribution is -2.21. The summed E-state index contributed by atoms with van der Waals surface area (Å²) in [4.78, 5) is 17.0. The van der Waals surface area contributed by atoms with Gasteiger partial charge in [-0.2, -0.15) is 0 Å². The van der Waals surface area contributed by atoms with Crippen molar-refractivity contribution in [3.05, 3.63) is 76.7 Å². The minimum absolute atomic E-state index is 0.0235. The summed E-state index contributed by atoms with van der Waals surface area (Å²) in [6.07, 6.45) is 4.68. The van der Waals surface area contributed by atoms with E-state index in [-0.39, 0.29) is 11.8 Å². The number of pyridine rings is 1. The zero-order valence-electron chi connectivity index (χ0n) is 14.5. The summed E-state index contributed by atoms with van der Waals surface area (Å²) in [7, 11) is 0. The standard InChI is InChI=1S/C21H21N3O/c1-14-8-9-24-19(10-14)23-18-13-22-20(25)12-17(21(18)24)15(2)11-16-6-4-3-5-7-16/h3-11,17H,12-13H2,1-2H3,(H,22,25). The average molecular weight is 331 g/mol. The van der Waals surface area contributed by atoms with Crippen LogP contribution in [0, 0.1) is 6.92 Å². The van der Waals surface area contributed by atoms with E-state index in [1.54, 1.807) is 0 Å². The summed E-state index contributed by atoms with van der Waals surface area (Å²) in [5, 5.41) is 2.98. The van der Waals surface area contributed by atoms with E-state index in [2.05, 4.69) is 60.1 Å². The van der Waals surface area contributed by atoms with E-state index in [9.17, 15) is 4.79 Å². The molecule has 0 saturated carbocycles. The van der Waals surface area contributed by atoms with E-state index in [0.717, 1.165) is 22.6 Å². The molecule has 0 radical (unpaired) electrons. The fourth-order valence-electron chi connectivity index (χ4n) is 3.54. The molecule has 3 heterocycles. The van der Waals surface area contributed by atoms with Gasteiger partial charge in [0.1, 0.15) is 5.65 Å². The second-order valence-corrected chi connectivity index (χ2v) is 6.71. The van der Waals surface area contributed by atoms with Gasteiger partial charge in [0.15, 0.2) is 0 Å². The highest BCUT2D eigenvalue weighted by Crippen LogP contribution is 2.34. The van der Waals surface area contributed by atoms with E-state index in [1.165, 1.54) is 11.1 Å². The Bertz CT molecular complexity index is 969. The maximum absolute atomic E-state index is 12.2. The predicted molar refractivity (Wildman–Crippen MR) is 99.2 cm³/mol. The third-order valence-corrected chi connectivity index (χ3v) is 4.81. The number of nitrogens with zero attached hydrogens (tertiary/aromatic N) is 2. The molecule has 2 aromatic heterocycles. The van der Waals surface area contributed by atoms with Crippen molar-refractivity contribution >= 4 is 17.6 Å². The Kier molecular flexibility index (Phi) is 3.88. The normalized spacial score (nSPS) is 17.9. The van der Waals surface area contributed by atoms with Crippen molar-refractivity contribution in [3.8, 4) is 0 Å². The molecule has 1 N–H and O–H groups in total. The second kappa shape index (κ2) is 6.20. The molecule has 1 amide bonds. The lowest BCUT2D eigenvalue weighted by molar-refractivity contribution is -0.121. The van der Waals surface area contributed by atoms with Crippen LogP contribution < -0.4 is 5.32 Å². The molecular formula is C21H21N3O. The molecule has 1 unspecified atom stereocenters. The molecule has 1 aromatic carbocycles.